The number of carbonyl (C=O) groups is 2. The van der Waals surface area contributed by atoms with Crippen LogP contribution in [-0.4, -0.2) is 35.8 Å². The molecule has 0 spiro atoms. The largest absolute Gasteiger partial charge is 0.334 e. The second-order valence-electron chi connectivity index (χ2n) is 6.33. The number of para-hydroxylation sites is 1. The van der Waals surface area contributed by atoms with E-state index in [4.69, 9.17) is 0 Å². The van der Waals surface area contributed by atoms with Gasteiger partial charge in [0.2, 0.25) is 0 Å². The number of amides is 2. The van der Waals surface area contributed by atoms with Gasteiger partial charge in [0.25, 0.3) is 0 Å². The van der Waals surface area contributed by atoms with Gasteiger partial charge in [0, 0.05) is 24.8 Å². The summed E-state index contributed by atoms with van der Waals surface area (Å²) in [4.78, 5) is 28.5. The van der Waals surface area contributed by atoms with Crippen LogP contribution in [0.1, 0.15) is 32.3 Å². The Hall–Kier alpha value is -1.84. The highest BCUT2D eigenvalue weighted by molar-refractivity contribution is 6.40. The third kappa shape index (κ3) is 2.55. The minimum absolute atomic E-state index is 0.0579. The Morgan fingerprint density at radius 3 is 2.43 bits per heavy atom. The molecule has 0 aromatic heterocycles. The van der Waals surface area contributed by atoms with Crippen LogP contribution in [0.25, 0.3) is 0 Å². The lowest BCUT2D eigenvalue weighted by molar-refractivity contribution is -0.145. The summed E-state index contributed by atoms with van der Waals surface area (Å²) in [7, 11) is 0. The van der Waals surface area contributed by atoms with Crippen molar-refractivity contribution in [2.45, 2.75) is 39.2 Å². The van der Waals surface area contributed by atoms with Gasteiger partial charge in [-0.15, -0.1) is 0 Å². The lowest BCUT2D eigenvalue weighted by Crippen LogP contribution is -2.49. The molecule has 1 saturated heterocycles. The first-order chi connectivity index (χ1) is 10.1. The molecule has 1 aromatic rings. The van der Waals surface area contributed by atoms with E-state index >= 15 is 0 Å². The summed E-state index contributed by atoms with van der Waals surface area (Å²) in [6, 6.07) is 7.93. The molecule has 112 valence electrons. The van der Waals surface area contributed by atoms with Gasteiger partial charge in [0.1, 0.15) is 0 Å². The standard InChI is InChI=1S/C17H22N2O2/c1-12-7-9-18(10-8-12)16(20)17(21)19-13(2)11-14-5-3-4-6-15(14)19/h3-6,12-13H,7-11H2,1-2H3. The Kier molecular flexibility index (Phi) is 3.70. The highest BCUT2D eigenvalue weighted by Crippen LogP contribution is 2.32. The zero-order chi connectivity index (χ0) is 15.0. The van der Waals surface area contributed by atoms with Crippen LogP contribution in [0.3, 0.4) is 0 Å². The van der Waals surface area contributed by atoms with Gasteiger partial charge >= 0.3 is 11.8 Å². The van der Waals surface area contributed by atoms with E-state index < -0.39 is 0 Å². The van der Waals surface area contributed by atoms with Gasteiger partial charge in [-0.2, -0.15) is 0 Å². The van der Waals surface area contributed by atoms with Crippen molar-refractivity contribution in [2.24, 2.45) is 5.92 Å². The van der Waals surface area contributed by atoms with E-state index in [-0.39, 0.29) is 17.9 Å². The molecule has 1 fully saturated rings. The van der Waals surface area contributed by atoms with Gasteiger partial charge in [-0.05, 0) is 43.7 Å². The fourth-order valence-corrected chi connectivity index (χ4v) is 3.32. The second-order valence-corrected chi connectivity index (χ2v) is 6.33. The van der Waals surface area contributed by atoms with Crippen molar-refractivity contribution in [3.63, 3.8) is 0 Å². The van der Waals surface area contributed by atoms with Gasteiger partial charge in [-0.3, -0.25) is 9.59 Å². The average molecular weight is 286 g/mol. The summed E-state index contributed by atoms with van der Waals surface area (Å²) in [6.45, 7) is 5.61. The molecule has 0 aliphatic carbocycles. The monoisotopic (exact) mass is 286 g/mol. The maximum atomic E-state index is 12.6. The van der Waals surface area contributed by atoms with Crippen LogP contribution in [0.15, 0.2) is 24.3 Å². The Labute approximate surface area is 125 Å². The smallest absolute Gasteiger partial charge is 0.316 e. The molecule has 2 amide bonds. The van der Waals surface area contributed by atoms with Gasteiger partial charge in [-0.25, -0.2) is 0 Å². The minimum Gasteiger partial charge on any atom is -0.334 e. The third-order valence-electron chi connectivity index (χ3n) is 4.68. The first-order valence-electron chi connectivity index (χ1n) is 7.78. The van der Waals surface area contributed by atoms with Crippen molar-refractivity contribution in [3.8, 4) is 0 Å². The van der Waals surface area contributed by atoms with E-state index in [1.54, 1.807) is 9.80 Å². The zero-order valence-corrected chi connectivity index (χ0v) is 12.7. The molecule has 2 aliphatic rings. The Balaban J connectivity index is 1.77. The maximum absolute atomic E-state index is 12.6. The van der Waals surface area contributed by atoms with Crippen LogP contribution in [0, 0.1) is 5.92 Å². The molecule has 1 aromatic carbocycles. The number of hydrogen-bond donors (Lipinski definition) is 0. The van der Waals surface area contributed by atoms with Crippen molar-refractivity contribution in [1.29, 1.82) is 0 Å². The van der Waals surface area contributed by atoms with E-state index in [9.17, 15) is 9.59 Å². The van der Waals surface area contributed by atoms with Crippen LogP contribution >= 0.6 is 0 Å². The van der Waals surface area contributed by atoms with Crippen LogP contribution in [0.2, 0.25) is 0 Å². The quantitative estimate of drug-likeness (QED) is 0.686. The molecule has 21 heavy (non-hydrogen) atoms. The lowest BCUT2D eigenvalue weighted by Gasteiger charge is -2.32. The second kappa shape index (κ2) is 5.51. The molecule has 4 nitrogen and oxygen atoms in total. The molecule has 1 unspecified atom stereocenters. The van der Waals surface area contributed by atoms with E-state index in [2.05, 4.69) is 6.92 Å². The number of benzene rings is 1. The van der Waals surface area contributed by atoms with Gasteiger partial charge in [0.15, 0.2) is 0 Å². The Bertz CT molecular complexity index is 562. The fraction of sp³-hybridized carbons (Fsp3) is 0.529. The highest BCUT2D eigenvalue weighted by Gasteiger charge is 2.36. The zero-order valence-electron chi connectivity index (χ0n) is 12.7. The van der Waals surface area contributed by atoms with Crippen molar-refractivity contribution < 1.29 is 9.59 Å². The number of anilines is 1. The molecule has 0 saturated carbocycles. The third-order valence-corrected chi connectivity index (χ3v) is 4.68. The fourth-order valence-electron chi connectivity index (χ4n) is 3.32. The number of carbonyl (C=O) groups excluding carboxylic acids is 2. The van der Waals surface area contributed by atoms with E-state index in [1.807, 2.05) is 31.2 Å². The molecule has 2 heterocycles. The van der Waals surface area contributed by atoms with Crippen molar-refractivity contribution in [3.05, 3.63) is 29.8 Å². The van der Waals surface area contributed by atoms with Crippen LogP contribution in [0.5, 0.6) is 0 Å². The lowest BCUT2D eigenvalue weighted by atomic mass is 9.99. The van der Waals surface area contributed by atoms with Crippen LogP contribution in [0.4, 0.5) is 5.69 Å². The molecular formula is C17H22N2O2. The summed E-state index contributed by atoms with van der Waals surface area (Å²) >= 11 is 0. The minimum atomic E-state index is -0.373. The van der Waals surface area contributed by atoms with Gasteiger partial charge < -0.3 is 9.80 Å². The van der Waals surface area contributed by atoms with Crippen LogP contribution < -0.4 is 4.90 Å². The molecule has 0 bridgehead atoms. The number of likely N-dealkylation sites (tertiary alicyclic amines) is 1. The predicted octanol–water partition coefficient (Wildman–Crippen LogP) is 2.22. The van der Waals surface area contributed by atoms with Gasteiger partial charge in [0.05, 0.1) is 0 Å². The number of hydrogen-bond acceptors (Lipinski definition) is 2. The normalized spacial score (nSPS) is 22.3. The molecule has 0 radical (unpaired) electrons. The molecule has 1 atom stereocenters. The SMILES string of the molecule is CC1CCN(C(=O)C(=O)N2c3ccccc3CC2C)CC1. The summed E-state index contributed by atoms with van der Waals surface area (Å²) in [5.41, 5.74) is 2.05. The van der Waals surface area contributed by atoms with E-state index in [1.165, 1.54) is 0 Å². The molecule has 0 N–H and O–H groups in total. The molecule has 2 aliphatic heterocycles. The number of piperidine rings is 1. The first-order valence-corrected chi connectivity index (χ1v) is 7.78. The summed E-state index contributed by atoms with van der Waals surface area (Å²) in [6.07, 6.45) is 2.81. The van der Waals surface area contributed by atoms with Gasteiger partial charge in [-0.1, -0.05) is 25.1 Å². The summed E-state index contributed by atoms with van der Waals surface area (Å²) in [5, 5.41) is 0. The highest BCUT2D eigenvalue weighted by atomic mass is 16.2. The number of nitrogens with zero attached hydrogens (tertiary/aromatic N) is 2. The summed E-state index contributed by atoms with van der Waals surface area (Å²) in [5.74, 6) is -0.0666. The topological polar surface area (TPSA) is 40.6 Å². The van der Waals surface area contributed by atoms with Crippen LogP contribution in [-0.2, 0) is 16.0 Å². The average Bonchev–Trinajstić information content (AvgIpc) is 2.82. The number of fused-ring (bicyclic) bond motifs is 1. The van der Waals surface area contributed by atoms with Crippen molar-refractivity contribution >= 4 is 17.5 Å². The first kappa shape index (κ1) is 14.1. The molecular weight excluding hydrogens is 264 g/mol. The Morgan fingerprint density at radius 1 is 1.05 bits per heavy atom. The van der Waals surface area contributed by atoms with Crippen molar-refractivity contribution in [2.75, 3.05) is 18.0 Å². The molecule has 4 heteroatoms. The molecule has 3 rings (SSSR count). The van der Waals surface area contributed by atoms with E-state index in [0.717, 1.165) is 30.5 Å². The van der Waals surface area contributed by atoms with Crippen molar-refractivity contribution in [1.82, 2.24) is 4.90 Å². The summed E-state index contributed by atoms with van der Waals surface area (Å²) < 4.78 is 0. The number of rotatable bonds is 0. The maximum Gasteiger partial charge on any atom is 0.316 e. The Morgan fingerprint density at radius 2 is 1.71 bits per heavy atom. The predicted molar refractivity (Wildman–Crippen MR) is 82.1 cm³/mol. The van der Waals surface area contributed by atoms with E-state index in [0.29, 0.717) is 19.0 Å².